The molecule has 1 unspecified atom stereocenters. The van der Waals surface area contributed by atoms with Crippen molar-refractivity contribution < 1.29 is 14.0 Å². The van der Waals surface area contributed by atoms with Crippen molar-refractivity contribution in [2.75, 3.05) is 11.1 Å². The number of carbonyl (C=O) groups is 2. The van der Waals surface area contributed by atoms with Crippen LogP contribution in [0.2, 0.25) is 0 Å². The van der Waals surface area contributed by atoms with Crippen molar-refractivity contribution in [1.29, 1.82) is 0 Å². The molecule has 162 valence electrons. The monoisotopic (exact) mass is 441 g/mol. The number of nitrogens with one attached hydrogen (secondary N) is 2. The van der Waals surface area contributed by atoms with Gasteiger partial charge in [-0.25, -0.2) is 4.39 Å². The largest absolute Gasteiger partial charge is 0.342 e. The number of aromatic nitrogens is 3. The zero-order chi connectivity index (χ0) is 22.4. The minimum atomic E-state index is -0.472. The molecule has 3 aromatic rings. The zero-order valence-electron chi connectivity index (χ0n) is 17.6. The molecule has 0 saturated heterocycles. The molecule has 0 aliphatic rings. The average Bonchev–Trinajstić information content (AvgIpc) is 3.18. The summed E-state index contributed by atoms with van der Waals surface area (Å²) in [6.45, 7) is 6.12. The molecule has 0 spiro atoms. The lowest BCUT2D eigenvalue weighted by Gasteiger charge is -2.15. The van der Waals surface area contributed by atoms with Crippen molar-refractivity contribution in [3.63, 3.8) is 0 Å². The quantitative estimate of drug-likeness (QED) is 0.517. The molecule has 0 fully saturated rings. The summed E-state index contributed by atoms with van der Waals surface area (Å²) in [7, 11) is 0. The number of anilines is 1. The third-order valence-electron chi connectivity index (χ3n) is 4.56. The second-order valence-electron chi connectivity index (χ2n) is 6.97. The van der Waals surface area contributed by atoms with Gasteiger partial charge in [-0.1, -0.05) is 36.0 Å². The maximum Gasteiger partial charge on any atom is 0.251 e. The van der Waals surface area contributed by atoms with E-state index < -0.39 is 5.82 Å². The fraction of sp³-hybridized carbons (Fsp3) is 0.273. The van der Waals surface area contributed by atoms with Crippen molar-refractivity contribution in [3.8, 4) is 0 Å². The van der Waals surface area contributed by atoms with Crippen LogP contribution in [0.4, 0.5) is 10.1 Å². The number of rotatable bonds is 8. The smallest absolute Gasteiger partial charge is 0.251 e. The highest BCUT2D eigenvalue weighted by Crippen LogP contribution is 2.22. The van der Waals surface area contributed by atoms with Crippen LogP contribution in [0.1, 0.15) is 41.6 Å². The van der Waals surface area contributed by atoms with E-state index in [-0.39, 0.29) is 29.3 Å². The molecular weight excluding hydrogens is 417 g/mol. The number of hydrogen-bond donors (Lipinski definition) is 2. The lowest BCUT2D eigenvalue weighted by atomic mass is 10.2. The average molecular weight is 442 g/mol. The topological polar surface area (TPSA) is 88.9 Å². The van der Waals surface area contributed by atoms with Crippen molar-refractivity contribution in [3.05, 3.63) is 71.3 Å². The van der Waals surface area contributed by atoms with E-state index >= 15 is 0 Å². The Morgan fingerprint density at radius 2 is 1.90 bits per heavy atom. The summed E-state index contributed by atoms with van der Waals surface area (Å²) in [5.74, 6) is -0.367. The molecule has 0 aliphatic heterocycles. The highest BCUT2D eigenvalue weighted by atomic mass is 32.2. The number of aryl methyl sites for hydroxylation is 1. The van der Waals surface area contributed by atoms with Crippen molar-refractivity contribution >= 4 is 29.3 Å². The first-order valence-corrected chi connectivity index (χ1v) is 10.9. The van der Waals surface area contributed by atoms with Gasteiger partial charge in [-0.3, -0.25) is 9.59 Å². The van der Waals surface area contributed by atoms with E-state index in [1.165, 1.54) is 23.9 Å². The molecule has 2 aromatic carbocycles. The molecule has 0 radical (unpaired) electrons. The Bertz CT molecular complexity index is 1070. The lowest BCUT2D eigenvalue weighted by molar-refractivity contribution is -0.113. The van der Waals surface area contributed by atoms with Gasteiger partial charge in [-0.05, 0) is 50.6 Å². The Kier molecular flexibility index (Phi) is 7.41. The number of halogens is 1. The van der Waals surface area contributed by atoms with Crippen molar-refractivity contribution in [2.24, 2.45) is 0 Å². The van der Waals surface area contributed by atoms with Gasteiger partial charge in [0.05, 0.1) is 17.5 Å². The Labute approximate surface area is 184 Å². The summed E-state index contributed by atoms with van der Waals surface area (Å²) in [4.78, 5) is 24.7. The maximum atomic E-state index is 13.9. The van der Waals surface area contributed by atoms with Crippen LogP contribution in [-0.4, -0.2) is 32.3 Å². The molecular formula is C22H24FN5O2S. The maximum absolute atomic E-state index is 13.9. The highest BCUT2D eigenvalue weighted by Gasteiger charge is 2.20. The number of nitrogens with zero attached hydrogens (tertiary/aromatic N) is 3. The molecule has 9 heteroatoms. The van der Waals surface area contributed by atoms with Crippen LogP contribution in [0.15, 0.2) is 53.7 Å². The highest BCUT2D eigenvalue weighted by molar-refractivity contribution is 7.99. The summed E-state index contributed by atoms with van der Waals surface area (Å²) in [5.41, 5.74) is 1.49. The summed E-state index contributed by atoms with van der Waals surface area (Å²) in [5, 5.41) is 14.4. The molecule has 3 rings (SSSR count). The number of carbonyl (C=O) groups excluding carboxylic acids is 2. The van der Waals surface area contributed by atoms with Gasteiger partial charge in [0.2, 0.25) is 5.91 Å². The minimum absolute atomic E-state index is 0.0518. The molecule has 0 bridgehead atoms. The van der Waals surface area contributed by atoms with Crippen LogP contribution in [0.3, 0.4) is 0 Å². The van der Waals surface area contributed by atoms with E-state index in [1.807, 2.05) is 24.5 Å². The Morgan fingerprint density at radius 1 is 1.16 bits per heavy atom. The molecule has 0 aliphatic carbocycles. The molecule has 2 N–H and O–H groups in total. The first kappa shape index (κ1) is 22.5. The second kappa shape index (κ2) is 10.2. The Balaban J connectivity index is 1.62. The molecule has 1 aromatic heterocycles. The normalized spacial score (nSPS) is 11.7. The Morgan fingerprint density at radius 3 is 2.58 bits per heavy atom. The summed E-state index contributed by atoms with van der Waals surface area (Å²) >= 11 is 1.20. The zero-order valence-corrected chi connectivity index (χ0v) is 18.4. The summed E-state index contributed by atoms with van der Waals surface area (Å²) < 4.78 is 15.8. The first-order chi connectivity index (χ1) is 14.9. The van der Waals surface area contributed by atoms with Crippen LogP contribution in [-0.2, 0) is 11.3 Å². The predicted molar refractivity (Wildman–Crippen MR) is 119 cm³/mol. The fourth-order valence-corrected chi connectivity index (χ4v) is 3.81. The van der Waals surface area contributed by atoms with Crippen molar-refractivity contribution in [2.45, 2.75) is 38.5 Å². The van der Waals surface area contributed by atoms with E-state index in [0.29, 0.717) is 23.1 Å². The van der Waals surface area contributed by atoms with E-state index in [4.69, 9.17) is 0 Å². The summed E-state index contributed by atoms with van der Waals surface area (Å²) in [6, 6.07) is 13.2. The van der Waals surface area contributed by atoms with Gasteiger partial charge in [-0.15, -0.1) is 10.2 Å². The van der Waals surface area contributed by atoms with Crippen LogP contribution in [0, 0.1) is 12.7 Å². The molecule has 1 atom stereocenters. The van der Waals surface area contributed by atoms with Crippen LogP contribution < -0.4 is 10.6 Å². The third kappa shape index (κ3) is 5.69. The number of amides is 2. The number of hydrogen-bond acceptors (Lipinski definition) is 5. The first-order valence-electron chi connectivity index (χ1n) is 9.86. The SMILES string of the molecule is CCn1c(SCC(=O)Nc2ccc(C)cc2F)nnc1C(C)NC(=O)c1ccccc1. The predicted octanol–water partition coefficient (Wildman–Crippen LogP) is 3.97. The van der Waals surface area contributed by atoms with Crippen LogP contribution in [0.25, 0.3) is 0 Å². The minimum Gasteiger partial charge on any atom is -0.342 e. The van der Waals surface area contributed by atoms with Crippen molar-refractivity contribution in [1.82, 2.24) is 20.1 Å². The Hall–Kier alpha value is -3.20. The molecule has 1 heterocycles. The summed E-state index contributed by atoms with van der Waals surface area (Å²) in [6.07, 6.45) is 0. The van der Waals surface area contributed by atoms with Crippen LogP contribution >= 0.6 is 11.8 Å². The van der Waals surface area contributed by atoms with Gasteiger partial charge >= 0.3 is 0 Å². The lowest BCUT2D eigenvalue weighted by Crippen LogP contribution is -2.28. The van der Waals surface area contributed by atoms with E-state index in [2.05, 4.69) is 20.8 Å². The van der Waals surface area contributed by atoms with Gasteiger partial charge in [0, 0.05) is 12.1 Å². The van der Waals surface area contributed by atoms with Gasteiger partial charge in [-0.2, -0.15) is 0 Å². The van der Waals surface area contributed by atoms with Gasteiger partial charge < -0.3 is 15.2 Å². The van der Waals surface area contributed by atoms with Crippen LogP contribution in [0.5, 0.6) is 0 Å². The fourth-order valence-electron chi connectivity index (χ4n) is 3.00. The van der Waals surface area contributed by atoms with E-state index in [0.717, 1.165) is 5.56 Å². The molecule has 0 saturated carbocycles. The van der Waals surface area contributed by atoms with Gasteiger partial charge in [0.1, 0.15) is 5.82 Å². The molecule has 2 amide bonds. The molecule has 31 heavy (non-hydrogen) atoms. The third-order valence-corrected chi connectivity index (χ3v) is 5.53. The number of benzene rings is 2. The number of thioether (sulfide) groups is 1. The molecule has 7 nitrogen and oxygen atoms in total. The van der Waals surface area contributed by atoms with E-state index in [1.54, 1.807) is 37.3 Å². The van der Waals surface area contributed by atoms with Gasteiger partial charge in [0.15, 0.2) is 11.0 Å². The van der Waals surface area contributed by atoms with Gasteiger partial charge in [0.25, 0.3) is 5.91 Å². The van der Waals surface area contributed by atoms with E-state index in [9.17, 15) is 14.0 Å². The second-order valence-corrected chi connectivity index (χ2v) is 7.91. The standard InChI is InChI=1S/C22H24FN5O2S/c1-4-28-20(15(3)24-21(30)16-8-6-5-7-9-16)26-27-22(28)31-13-19(29)25-18-11-10-14(2)12-17(18)23/h5-12,15H,4,13H2,1-3H3,(H,24,30)(H,25,29).